The van der Waals surface area contributed by atoms with Crippen LogP contribution in [0.3, 0.4) is 0 Å². The number of carbonyl (C=O) groups excluding carboxylic acids is 1. The fourth-order valence-electron chi connectivity index (χ4n) is 0.513. The van der Waals surface area contributed by atoms with E-state index in [1.165, 1.54) is 0 Å². The molecular weight excluding hydrogens is 140 g/mol. The molecule has 1 N–H and O–H groups in total. The number of rotatable bonds is 0. The zero-order valence-electron chi connectivity index (χ0n) is 5.74. The monoisotopic (exact) mass is 146 g/mol. The first-order chi connectivity index (χ1) is 5.35. The summed E-state index contributed by atoms with van der Waals surface area (Å²) in [6, 6.07) is 11.2. The second-order valence-corrected chi connectivity index (χ2v) is 1.58. The third-order valence-corrected chi connectivity index (χ3v) is 0.903. The Balaban J connectivity index is 0.000000292. The minimum Gasteiger partial charge on any atom is -0.222 e. The Morgan fingerprint density at radius 1 is 1.27 bits per heavy atom. The van der Waals surface area contributed by atoms with Gasteiger partial charge in [-0.3, -0.25) is 0 Å². The van der Waals surface area contributed by atoms with E-state index in [0.29, 0.717) is 5.56 Å². The Hall–Kier alpha value is -1.91. The van der Waals surface area contributed by atoms with Gasteiger partial charge in [0.1, 0.15) is 0 Å². The molecule has 0 bridgehead atoms. The summed E-state index contributed by atoms with van der Waals surface area (Å²) in [7, 11) is 0. The van der Waals surface area contributed by atoms with Gasteiger partial charge >= 0.3 is 0 Å². The van der Waals surface area contributed by atoms with Crippen LogP contribution in [-0.4, -0.2) is 6.08 Å². The molecule has 0 aliphatic carbocycles. The molecule has 0 spiro atoms. The first kappa shape index (κ1) is 9.09. The van der Waals surface area contributed by atoms with Crippen LogP contribution in [0.4, 0.5) is 0 Å². The molecule has 0 heterocycles. The predicted molar refractivity (Wildman–Crippen MR) is 39.6 cm³/mol. The molecule has 54 valence electrons. The van der Waals surface area contributed by atoms with Crippen LogP contribution in [0.15, 0.2) is 30.3 Å². The molecule has 0 unspecified atom stereocenters. The molecule has 1 aromatic carbocycles. The lowest BCUT2D eigenvalue weighted by atomic mass is 10.2. The number of isocyanates is 1. The lowest BCUT2D eigenvalue weighted by molar-refractivity contribution is 0.563. The average molecular weight is 146 g/mol. The summed E-state index contributed by atoms with van der Waals surface area (Å²) >= 11 is 0. The molecule has 1 aromatic rings. The number of hydrogen-bond acceptors (Lipinski definition) is 3. The molecule has 3 nitrogen and oxygen atoms in total. The third kappa shape index (κ3) is 4.58. The Labute approximate surface area is 64.4 Å². The van der Waals surface area contributed by atoms with Gasteiger partial charge in [0.2, 0.25) is 6.08 Å². The minimum absolute atomic E-state index is 0.715. The fraction of sp³-hybridized carbons (Fsp3) is 0. The fourth-order valence-corrected chi connectivity index (χ4v) is 0.513. The standard InChI is InChI=1S/C7H5N.CHNO/c8-6-7-4-2-1-3-5-7;2-1-3/h1-5H;2H. The highest BCUT2D eigenvalue weighted by molar-refractivity contribution is 5.27. The van der Waals surface area contributed by atoms with Crippen molar-refractivity contribution in [2.45, 2.75) is 0 Å². The van der Waals surface area contributed by atoms with Crippen LogP contribution in [0.5, 0.6) is 0 Å². The zero-order valence-corrected chi connectivity index (χ0v) is 5.74. The first-order valence-corrected chi connectivity index (χ1v) is 2.84. The van der Waals surface area contributed by atoms with Crippen molar-refractivity contribution < 1.29 is 4.79 Å². The molecule has 0 atom stereocenters. The predicted octanol–water partition coefficient (Wildman–Crippen LogP) is 1.46. The second-order valence-electron chi connectivity index (χ2n) is 1.58. The second kappa shape index (κ2) is 6.21. The highest BCUT2D eigenvalue weighted by atomic mass is 16.1. The van der Waals surface area contributed by atoms with Crippen LogP contribution in [0.2, 0.25) is 0 Å². The Morgan fingerprint density at radius 3 is 2.00 bits per heavy atom. The van der Waals surface area contributed by atoms with Crippen LogP contribution in [-0.2, 0) is 4.79 Å². The molecule has 11 heavy (non-hydrogen) atoms. The summed E-state index contributed by atoms with van der Waals surface area (Å²) in [5.74, 6) is 0. The van der Waals surface area contributed by atoms with Crippen molar-refractivity contribution in [3.8, 4) is 6.07 Å². The van der Waals surface area contributed by atoms with Gasteiger partial charge in [0.15, 0.2) is 0 Å². The van der Waals surface area contributed by atoms with Gasteiger partial charge in [0, 0.05) is 0 Å². The summed E-state index contributed by atoms with van der Waals surface area (Å²) in [6.07, 6.45) is 0.750. The molecule has 0 aliphatic heterocycles. The lowest BCUT2D eigenvalue weighted by Crippen LogP contribution is -1.66. The molecule has 1 rings (SSSR count). The summed E-state index contributed by atoms with van der Waals surface area (Å²) in [5, 5.41) is 13.7. The van der Waals surface area contributed by atoms with Crippen LogP contribution >= 0.6 is 0 Å². The van der Waals surface area contributed by atoms with E-state index in [1.807, 2.05) is 24.3 Å². The van der Waals surface area contributed by atoms with E-state index < -0.39 is 0 Å². The summed E-state index contributed by atoms with van der Waals surface area (Å²) in [4.78, 5) is 8.35. The SMILES string of the molecule is N#Cc1ccccc1.N=C=O. The quantitative estimate of drug-likeness (QED) is 0.444. The highest BCUT2D eigenvalue weighted by Gasteiger charge is 1.79. The van der Waals surface area contributed by atoms with E-state index in [9.17, 15) is 0 Å². The molecule has 0 saturated heterocycles. The maximum atomic E-state index is 8.35. The van der Waals surface area contributed by atoms with Crippen LogP contribution < -0.4 is 0 Å². The molecule has 0 fully saturated rings. The minimum atomic E-state index is 0.715. The van der Waals surface area contributed by atoms with E-state index in [4.69, 9.17) is 15.5 Å². The van der Waals surface area contributed by atoms with E-state index in [0.717, 1.165) is 6.08 Å². The Kier molecular flexibility index (Phi) is 5.13. The zero-order chi connectivity index (χ0) is 8.53. The van der Waals surface area contributed by atoms with E-state index in [1.54, 1.807) is 12.1 Å². The number of benzene rings is 1. The van der Waals surface area contributed by atoms with Gasteiger partial charge in [0.05, 0.1) is 11.6 Å². The Morgan fingerprint density at radius 2 is 1.73 bits per heavy atom. The van der Waals surface area contributed by atoms with E-state index >= 15 is 0 Å². The number of nitriles is 1. The molecule has 3 heteroatoms. The van der Waals surface area contributed by atoms with Crippen molar-refractivity contribution in [2.75, 3.05) is 0 Å². The largest absolute Gasteiger partial charge is 0.231 e. The van der Waals surface area contributed by atoms with Crippen molar-refractivity contribution in [1.29, 1.82) is 10.7 Å². The topological polar surface area (TPSA) is 64.7 Å². The van der Waals surface area contributed by atoms with Crippen LogP contribution in [0.25, 0.3) is 0 Å². The summed E-state index contributed by atoms with van der Waals surface area (Å²) in [6.45, 7) is 0. The highest BCUT2D eigenvalue weighted by Crippen LogP contribution is 1.92. The molecule has 0 amide bonds. The molecule has 0 saturated carbocycles. The number of nitrogens with one attached hydrogen (secondary N) is 1. The Bertz CT molecular complexity index is 268. The van der Waals surface area contributed by atoms with Gasteiger partial charge in [-0.15, -0.1) is 0 Å². The molecule has 0 aliphatic rings. The van der Waals surface area contributed by atoms with Crippen LogP contribution in [0.1, 0.15) is 5.56 Å². The van der Waals surface area contributed by atoms with Gasteiger partial charge in [-0.1, -0.05) is 18.2 Å². The normalized spacial score (nSPS) is 6.45. The molecule has 0 radical (unpaired) electrons. The summed E-state index contributed by atoms with van der Waals surface area (Å²) in [5.41, 5.74) is 0.715. The van der Waals surface area contributed by atoms with Gasteiger partial charge < -0.3 is 0 Å². The van der Waals surface area contributed by atoms with Crippen LogP contribution in [0, 0.1) is 16.7 Å². The average Bonchev–Trinajstić information content (AvgIpc) is 2.08. The number of nitrogens with zero attached hydrogens (tertiary/aromatic N) is 1. The van der Waals surface area contributed by atoms with Crippen molar-refractivity contribution in [3.05, 3.63) is 35.9 Å². The molecular formula is C8H6N2O. The smallest absolute Gasteiger partial charge is 0.222 e. The first-order valence-electron chi connectivity index (χ1n) is 2.84. The summed E-state index contributed by atoms with van der Waals surface area (Å²) < 4.78 is 0. The molecule has 0 aromatic heterocycles. The van der Waals surface area contributed by atoms with Gasteiger partial charge in [0.25, 0.3) is 0 Å². The van der Waals surface area contributed by atoms with Crippen molar-refractivity contribution in [3.63, 3.8) is 0 Å². The van der Waals surface area contributed by atoms with Gasteiger partial charge in [-0.05, 0) is 12.1 Å². The lowest BCUT2D eigenvalue weighted by Gasteiger charge is -1.80. The van der Waals surface area contributed by atoms with Gasteiger partial charge in [-0.25, -0.2) is 10.2 Å². The maximum Gasteiger partial charge on any atom is 0.231 e. The van der Waals surface area contributed by atoms with Crippen molar-refractivity contribution in [2.24, 2.45) is 0 Å². The van der Waals surface area contributed by atoms with E-state index in [2.05, 4.69) is 0 Å². The van der Waals surface area contributed by atoms with Crippen molar-refractivity contribution >= 4 is 6.08 Å². The third-order valence-electron chi connectivity index (χ3n) is 0.903. The van der Waals surface area contributed by atoms with Crippen molar-refractivity contribution in [1.82, 2.24) is 0 Å². The number of hydrogen-bond donors (Lipinski definition) is 1. The maximum absolute atomic E-state index is 8.35. The van der Waals surface area contributed by atoms with E-state index in [-0.39, 0.29) is 0 Å². The van der Waals surface area contributed by atoms with Gasteiger partial charge in [-0.2, -0.15) is 5.26 Å².